The number of hydrogen-bond acceptors (Lipinski definition) is 5. The number of aliphatic carboxylic acids is 1. The zero-order chi connectivity index (χ0) is 24.5. The van der Waals surface area contributed by atoms with Crippen LogP contribution in [-0.4, -0.2) is 42.9 Å². The van der Waals surface area contributed by atoms with E-state index in [0.29, 0.717) is 16.9 Å². The van der Waals surface area contributed by atoms with E-state index in [2.05, 4.69) is 0 Å². The summed E-state index contributed by atoms with van der Waals surface area (Å²) in [7, 11) is -3.94. The fourth-order valence-corrected chi connectivity index (χ4v) is 5.41. The van der Waals surface area contributed by atoms with Crippen molar-refractivity contribution in [2.45, 2.75) is 23.0 Å². The molecule has 34 heavy (non-hydrogen) atoms. The highest BCUT2D eigenvalue weighted by molar-refractivity contribution is 7.89. The molecule has 4 rings (SSSR count). The molecular formula is C24H22F2N2O5S. The number of nitrogens with zero attached hydrogens (tertiary/aromatic N) is 1. The van der Waals surface area contributed by atoms with Crippen LogP contribution in [0.2, 0.25) is 0 Å². The topological polar surface area (TPSA) is 110 Å². The van der Waals surface area contributed by atoms with Crippen LogP contribution in [0.25, 0.3) is 0 Å². The number of carboxylic acid groups (broad SMARTS) is 1. The molecule has 1 atom stereocenters. The van der Waals surface area contributed by atoms with Gasteiger partial charge in [-0.05, 0) is 66.1 Å². The molecule has 1 saturated heterocycles. The smallest absolute Gasteiger partial charge is 0.320 e. The van der Waals surface area contributed by atoms with Gasteiger partial charge in [0.2, 0.25) is 10.0 Å². The van der Waals surface area contributed by atoms with E-state index in [0.717, 1.165) is 0 Å². The molecule has 1 unspecified atom stereocenters. The molecule has 0 aromatic heterocycles. The van der Waals surface area contributed by atoms with E-state index in [4.69, 9.17) is 15.6 Å². The molecule has 0 aliphatic carbocycles. The van der Waals surface area contributed by atoms with Gasteiger partial charge in [0, 0.05) is 0 Å². The molecule has 1 aliphatic heterocycles. The van der Waals surface area contributed by atoms with Crippen molar-refractivity contribution in [2.75, 3.05) is 13.1 Å². The molecule has 0 saturated carbocycles. The fraction of sp³-hybridized carbons (Fsp3) is 0.208. The van der Waals surface area contributed by atoms with Crippen molar-refractivity contribution in [1.29, 1.82) is 0 Å². The summed E-state index contributed by atoms with van der Waals surface area (Å²) in [4.78, 5) is 11.0. The number of nitrogens with two attached hydrogens (primary N) is 1. The van der Waals surface area contributed by atoms with Crippen LogP contribution in [0.15, 0.2) is 77.7 Å². The molecular weight excluding hydrogens is 466 g/mol. The molecule has 0 bridgehead atoms. The molecule has 0 spiro atoms. The van der Waals surface area contributed by atoms with Crippen LogP contribution in [0.3, 0.4) is 0 Å². The van der Waals surface area contributed by atoms with Gasteiger partial charge in [0.05, 0.1) is 18.0 Å². The van der Waals surface area contributed by atoms with Crippen molar-refractivity contribution < 1.29 is 31.8 Å². The van der Waals surface area contributed by atoms with E-state index >= 15 is 0 Å². The predicted molar refractivity (Wildman–Crippen MR) is 120 cm³/mol. The summed E-state index contributed by atoms with van der Waals surface area (Å²) >= 11 is 0. The molecule has 7 nitrogen and oxygen atoms in total. The van der Waals surface area contributed by atoms with E-state index < -0.39 is 39.3 Å². The Morgan fingerprint density at radius 1 is 1.03 bits per heavy atom. The quantitative estimate of drug-likeness (QED) is 0.505. The lowest BCUT2D eigenvalue weighted by molar-refractivity contribution is -0.138. The summed E-state index contributed by atoms with van der Waals surface area (Å²) in [6.07, 6.45) is -0.0219. The number of carbonyl (C=O) groups is 1. The third-order valence-corrected chi connectivity index (χ3v) is 7.46. The summed E-state index contributed by atoms with van der Waals surface area (Å²) in [5, 5.41) is 9.02. The van der Waals surface area contributed by atoms with Crippen LogP contribution in [0.5, 0.6) is 5.75 Å². The van der Waals surface area contributed by atoms with E-state index in [1.165, 1.54) is 71.0 Å². The van der Waals surface area contributed by atoms with E-state index in [-0.39, 0.29) is 24.4 Å². The van der Waals surface area contributed by atoms with Gasteiger partial charge in [0.1, 0.15) is 23.4 Å². The molecule has 1 aliphatic rings. The van der Waals surface area contributed by atoms with Gasteiger partial charge in [0.15, 0.2) is 5.60 Å². The Kier molecular flexibility index (Phi) is 6.39. The highest BCUT2D eigenvalue weighted by Crippen LogP contribution is 2.40. The highest BCUT2D eigenvalue weighted by atomic mass is 32.2. The lowest BCUT2D eigenvalue weighted by Gasteiger charge is -2.48. The van der Waals surface area contributed by atoms with Gasteiger partial charge in [-0.2, -0.15) is 4.31 Å². The Hall–Kier alpha value is -3.34. The molecule has 3 aromatic rings. The zero-order valence-corrected chi connectivity index (χ0v) is 18.7. The van der Waals surface area contributed by atoms with Gasteiger partial charge in [-0.25, -0.2) is 17.2 Å². The number of sulfonamides is 1. The SMILES string of the molecule is NC(Cc1cccc(S(=O)(=O)N2CC(Oc3ccc(F)cc3)(c3ccc(F)cc3)C2)c1)C(=O)O. The second kappa shape index (κ2) is 9.13. The number of benzene rings is 3. The Labute approximate surface area is 195 Å². The van der Waals surface area contributed by atoms with Crippen molar-refractivity contribution in [3.8, 4) is 5.75 Å². The Morgan fingerprint density at radius 2 is 1.62 bits per heavy atom. The summed E-state index contributed by atoms with van der Waals surface area (Å²) in [6.45, 7) is -0.117. The average molecular weight is 489 g/mol. The van der Waals surface area contributed by atoms with Crippen LogP contribution >= 0.6 is 0 Å². The minimum atomic E-state index is -3.94. The third-order valence-electron chi connectivity index (χ3n) is 5.67. The summed E-state index contributed by atoms with van der Waals surface area (Å²) in [6, 6.07) is 15.7. The standard InChI is InChI=1S/C24H22F2N2O5S/c25-18-6-4-17(5-7-18)24(33-20-10-8-19(26)9-11-20)14-28(15-24)34(31,32)21-3-1-2-16(12-21)13-22(27)23(29)30/h1-12,22H,13-15,27H2,(H,29,30). The van der Waals surface area contributed by atoms with Gasteiger partial charge in [0.25, 0.3) is 0 Å². The van der Waals surface area contributed by atoms with Crippen LogP contribution in [0.4, 0.5) is 8.78 Å². The van der Waals surface area contributed by atoms with Gasteiger partial charge in [-0.15, -0.1) is 0 Å². The highest BCUT2D eigenvalue weighted by Gasteiger charge is 2.52. The monoisotopic (exact) mass is 488 g/mol. The Bertz CT molecular complexity index is 1290. The second-order valence-corrected chi connectivity index (χ2v) is 10.1. The van der Waals surface area contributed by atoms with E-state index in [1.54, 1.807) is 6.07 Å². The molecule has 178 valence electrons. The van der Waals surface area contributed by atoms with E-state index in [1.807, 2.05) is 0 Å². The van der Waals surface area contributed by atoms with E-state index in [9.17, 15) is 22.0 Å². The molecule has 10 heteroatoms. The first-order chi connectivity index (χ1) is 16.1. The van der Waals surface area contributed by atoms with Crippen molar-refractivity contribution in [2.24, 2.45) is 5.73 Å². The second-order valence-electron chi connectivity index (χ2n) is 8.13. The zero-order valence-electron chi connectivity index (χ0n) is 17.9. The first-order valence-electron chi connectivity index (χ1n) is 10.4. The normalized spacial score (nSPS) is 16.4. The molecule has 3 N–H and O–H groups in total. The van der Waals surface area contributed by atoms with Crippen LogP contribution in [-0.2, 0) is 26.8 Å². The summed E-state index contributed by atoms with van der Waals surface area (Å²) < 4.78 is 60.7. The summed E-state index contributed by atoms with van der Waals surface area (Å²) in [5.41, 5.74) is 5.53. The summed E-state index contributed by atoms with van der Waals surface area (Å²) in [5.74, 6) is -1.73. The molecule has 0 radical (unpaired) electrons. The average Bonchev–Trinajstić information content (AvgIpc) is 2.78. The van der Waals surface area contributed by atoms with Gasteiger partial charge in [-0.3, -0.25) is 4.79 Å². The first kappa shape index (κ1) is 23.8. The molecule has 1 heterocycles. The largest absolute Gasteiger partial charge is 0.480 e. The van der Waals surface area contributed by atoms with Gasteiger partial charge >= 0.3 is 5.97 Å². The lowest BCUT2D eigenvalue weighted by Crippen LogP contribution is -2.64. The maximum atomic E-state index is 13.5. The van der Waals surface area contributed by atoms with Crippen molar-refractivity contribution in [3.05, 3.63) is 95.6 Å². The molecule has 1 fully saturated rings. The minimum Gasteiger partial charge on any atom is -0.480 e. The maximum absolute atomic E-state index is 13.5. The fourth-order valence-electron chi connectivity index (χ4n) is 3.80. The number of ether oxygens (including phenoxy) is 1. The third kappa shape index (κ3) is 4.79. The van der Waals surface area contributed by atoms with Gasteiger partial charge in [-0.1, -0.05) is 24.3 Å². The number of rotatable bonds is 8. The van der Waals surface area contributed by atoms with Crippen molar-refractivity contribution >= 4 is 16.0 Å². The number of hydrogen-bond donors (Lipinski definition) is 2. The molecule has 0 amide bonds. The number of carboxylic acids is 1. The Morgan fingerprint density at radius 3 is 2.21 bits per heavy atom. The maximum Gasteiger partial charge on any atom is 0.320 e. The Balaban J connectivity index is 1.60. The minimum absolute atomic E-state index is 0.00271. The molecule has 3 aromatic carbocycles. The number of halogens is 2. The van der Waals surface area contributed by atoms with Crippen molar-refractivity contribution in [1.82, 2.24) is 4.31 Å². The van der Waals surface area contributed by atoms with Crippen LogP contribution in [0.1, 0.15) is 11.1 Å². The van der Waals surface area contributed by atoms with Crippen LogP contribution < -0.4 is 10.5 Å². The van der Waals surface area contributed by atoms with Gasteiger partial charge < -0.3 is 15.6 Å². The first-order valence-corrected chi connectivity index (χ1v) is 11.8. The predicted octanol–water partition coefficient (Wildman–Crippen LogP) is 2.90. The van der Waals surface area contributed by atoms with Crippen LogP contribution in [0, 0.1) is 11.6 Å². The lowest BCUT2D eigenvalue weighted by atomic mass is 9.87. The van der Waals surface area contributed by atoms with Crippen molar-refractivity contribution in [3.63, 3.8) is 0 Å².